The number of esters is 1. The SMILES string of the molecule is COC(=O)c1cc(N)ccc1N1C(C)CCCC1C. The second-order valence-electron chi connectivity index (χ2n) is 5.30. The predicted molar refractivity (Wildman–Crippen MR) is 77.4 cm³/mol. The van der Waals surface area contributed by atoms with Gasteiger partial charge in [0.15, 0.2) is 0 Å². The highest BCUT2D eigenvalue weighted by Crippen LogP contribution is 2.32. The summed E-state index contributed by atoms with van der Waals surface area (Å²) in [5.74, 6) is -0.327. The smallest absolute Gasteiger partial charge is 0.340 e. The molecule has 1 fully saturated rings. The second kappa shape index (κ2) is 5.51. The molecule has 4 heteroatoms. The van der Waals surface area contributed by atoms with Gasteiger partial charge < -0.3 is 15.4 Å². The molecule has 1 aromatic rings. The summed E-state index contributed by atoms with van der Waals surface area (Å²) in [6, 6.07) is 6.33. The van der Waals surface area contributed by atoms with E-state index in [0.29, 0.717) is 23.3 Å². The van der Waals surface area contributed by atoms with Crippen LogP contribution in [-0.2, 0) is 4.74 Å². The van der Waals surface area contributed by atoms with Crippen molar-refractivity contribution in [3.8, 4) is 0 Å². The van der Waals surface area contributed by atoms with E-state index in [4.69, 9.17) is 10.5 Å². The number of carbonyl (C=O) groups is 1. The minimum Gasteiger partial charge on any atom is -0.465 e. The zero-order valence-corrected chi connectivity index (χ0v) is 11.8. The average Bonchev–Trinajstić information content (AvgIpc) is 2.39. The van der Waals surface area contributed by atoms with E-state index in [-0.39, 0.29) is 5.97 Å². The molecule has 4 nitrogen and oxygen atoms in total. The van der Waals surface area contributed by atoms with Crippen LogP contribution in [0.3, 0.4) is 0 Å². The first kappa shape index (κ1) is 13.7. The van der Waals surface area contributed by atoms with Crippen LogP contribution < -0.4 is 10.6 Å². The number of ether oxygens (including phenoxy) is 1. The fourth-order valence-electron chi connectivity index (χ4n) is 2.95. The third-order valence-corrected chi connectivity index (χ3v) is 3.90. The molecule has 1 aliphatic rings. The topological polar surface area (TPSA) is 55.6 Å². The Hall–Kier alpha value is -1.71. The molecule has 1 aromatic carbocycles. The number of nitrogens with zero attached hydrogens (tertiary/aromatic N) is 1. The summed E-state index contributed by atoms with van der Waals surface area (Å²) in [5.41, 5.74) is 7.87. The predicted octanol–water partition coefficient (Wildman–Crippen LogP) is 2.82. The first-order valence-corrected chi connectivity index (χ1v) is 6.80. The second-order valence-corrected chi connectivity index (χ2v) is 5.30. The van der Waals surface area contributed by atoms with Crippen molar-refractivity contribution in [2.75, 3.05) is 17.7 Å². The van der Waals surface area contributed by atoms with E-state index >= 15 is 0 Å². The number of hydrogen-bond donors (Lipinski definition) is 1. The maximum Gasteiger partial charge on any atom is 0.340 e. The lowest BCUT2D eigenvalue weighted by atomic mass is 9.95. The highest BCUT2D eigenvalue weighted by Gasteiger charge is 2.28. The van der Waals surface area contributed by atoms with Gasteiger partial charge in [-0.25, -0.2) is 4.79 Å². The molecule has 104 valence electrons. The van der Waals surface area contributed by atoms with Crippen molar-refractivity contribution in [2.45, 2.75) is 45.2 Å². The summed E-state index contributed by atoms with van der Waals surface area (Å²) >= 11 is 0. The molecule has 19 heavy (non-hydrogen) atoms. The van der Waals surface area contributed by atoms with E-state index < -0.39 is 0 Å². The highest BCUT2D eigenvalue weighted by molar-refractivity contribution is 5.97. The molecule has 1 aliphatic heterocycles. The lowest BCUT2D eigenvalue weighted by molar-refractivity contribution is 0.0601. The number of nitrogens with two attached hydrogens (primary N) is 1. The van der Waals surface area contributed by atoms with E-state index in [1.807, 2.05) is 12.1 Å². The van der Waals surface area contributed by atoms with E-state index in [1.165, 1.54) is 13.5 Å². The molecule has 0 bridgehead atoms. The van der Waals surface area contributed by atoms with Crippen LogP contribution in [0.1, 0.15) is 43.5 Å². The van der Waals surface area contributed by atoms with Crippen molar-refractivity contribution in [1.82, 2.24) is 0 Å². The van der Waals surface area contributed by atoms with Crippen LogP contribution in [0.5, 0.6) is 0 Å². The minimum atomic E-state index is -0.327. The van der Waals surface area contributed by atoms with Gasteiger partial charge in [-0.2, -0.15) is 0 Å². The number of methoxy groups -OCH3 is 1. The summed E-state index contributed by atoms with van der Waals surface area (Å²) in [7, 11) is 1.40. The van der Waals surface area contributed by atoms with Gasteiger partial charge in [-0.1, -0.05) is 0 Å². The monoisotopic (exact) mass is 262 g/mol. The molecule has 2 atom stereocenters. The molecule has 0 aromatic heterocycles. The lowest BCUT2D eigenvalue weighted by Gasteiger charge is -2.41. The van der Waals surface area contributed by atoms with Crippen molar-refractivity contribution in [1.29, 1.82) is 0 Å². The van der Waals surface area contributed by atoms with Gasteiger partial charge in [-0.05, 0) is 51.3 Å². The molecule has 0 amide bonds. The van der Waals surface area contributed by atoms with E-state index in [1.54, 1.807) is 6.07 Å². The Bertz CT molecular complexity index is 463. The third-order valence-electron chi connectivity index (χ3n) is 3.90. The Morgan fingerprint density at radius 1 is 1.32 bits per heavy atom. The zero-order chi connectivity index (χ0) is 14.0. The molecular weight excluding hydrogens is 240 g/mol. The van der Waals surface area contributed by atoms with E-state index in [2.05, 4.69) is 18.7 Å². The standard InChI is InChI=1S/C15H22N2O2/c1-10-5-4-6-11(2)17(10)14-8-7-12(16)9-13(14)15(18)19-3/h7-11H,4-6,16H2,1-3H3. The van der Waals surface area contributed by atoms with Gasteiger partial charge in [0.05, 0.1) is 18.4 Å². The molecule has 0 radical (unpaired) electrons. The van der Waals surface area contributed by atoms with Gasteiger partial charge in [0.1, 0.15) is 0 Å². The van der Waals surface area contributed by atoms with Crippen LogP contribution in [0.15, 0.2) is 18.2 Å². The Balaban J connectivity index is 2.45. The van der Waals surface area contributed by atoms with Crippen molar-refractivity contribution >= 4 is 17.3 Å². The van der Waals surface area contributed by atoms with Crippen molar-refractivity contribution in [3.05, 3.63) is 23.8 Å². The normalized spacial score (nSPS) is 23.2. The summed E-state index contributed by atoms with van der Waals surface area (Å²) in [5, 5.41) is 0. The summed E-state index contributed by atoms with van der Waals surface area (Å²) in [6.07, 6.45) is 3.53. The fourth-order valence-corrected chi connectivity index (χ4v) is 2.95. The molecule has 1 heterocycles. The molecular formula is C15H22N2O2. The molecule has 0 saturated carbocycles. The Morgan fingerprint density at radius 2 is 1.95 bits per heavy atom. The van der Waals surface area contributed by atoms with Crippen molar-refractivity contribution in [3.63, 3.8) is 0 Å². The van der Waals surface area contributed by atoms with E-state index in [0.717, 1.165) is 18.5 Å². The first-order valence-electron chi connectivity index (χ1n) is 6.80. The Kier molecular flexibility index (Phi) is 3.98. The fraction of sp³-hybridized carbons (Fsp3) is 0.533. The largest absolute Gasteiger partial charge is 0.465 e. The van der Waals surface area contributed by atoms with Gasteiger partial charge in [0, 0.05) is 17.8 Å². The number of piperidine rings is 1. The van der Waals surface area contributed by atoms with Gasteiger partial charge in [0.25, 0.3) is 0 Å². The van der Waals surface area contributed by atoms with Gasteiger partial charge in [-0.15, -0.1) is 0 Å². The number of nitrogen functional groups attached to an aromatic ring is 1. The minimum absolute atomic E-state index is 0.327. The van der Waals surface area contributed by atoms with Crippen LogP contribution >= 0.6 is 0 Å². The maximum absolute atomic E-state index is 11.9. The Morgan fingerprint density at radius 3 is 2.53 bits per heavy atom. The number of rotatable bonds is 2. The Labute approximate surface area is 114 Å². The van der Waals surface area contributed by atoms with Gasteiger partial charge in [0.2, 0.25) is 0 Å². The zero-order valence-electron chi connectivity index (χ0n) is 11.8. The van der Waals surface area contributed by atoms with Gasteiger partial charge >= 0.3 is 5.97 Å². The van der Waals surface area contributed by atoms with Crippen LogP contribution in [0.4, 0.5) is 11.4 Å². The van der Waals surface area contributed by atoms with Crippen LogP contribution in [0, 0.1) is 0 Å². The number of benzene rings is 1. The molecule has 0 spiro atoms. The molecule has 2 rings (SSSR count). The first-order chi connectivity index (χ1) is 9.04. The molecule has 2 unspecified atom stereocenters. The number of carbonyl (C=O) groups excluding carboxylic acids is 1. The summed E-state index contributed by atoms with van der Waals surface area (Å²) in [4.78, 5) is 14.3. The third kappa shape index (κ3) is 2.67. The quantitative estimate of drug-likeness (QED) is 0.657. The number of hydrogen-bond acceptors (Lipinski definition) is 4. The van der Waals surface area contributed by atoms with Crippen molar-refractivity contribution in [2.24, 2.45) is 0 Å². The molecule has 1 saturated heterocycles. The van der Waals surface area contributed by atoms with Gasteiger partial charge in [-0.3, -0.25) is 0 Å². The molecule has 2 N–H and O–H groups in total. The maximum atomic E-state index is 11.9. The van der Waals surface area contributed by atoms with Crippen LogP contribution in [0.25, 0.3) is 0 Å². The highest BCUT2D eigenvalue weighted by atomic mass is 16.5. The molecule has 0 aliphatic carbocycles. The van der Waals surface area contributed by atoms with Crippen LogP contribution in [0.2, 0.25) is 0 Å². The number of anilines is 2. The summed E-state index contributed by atoms with van der Waals surface area (Å²) < 4.78 is 4.87. The van der Waals surface area contributed by atoms with Crippen LogP contribution in [-0.4, -0.2) is 25.2 Å². The lowest BCUT2D eigenvalue weighted by Crippen LogP contribution is -2.44. The summed E-state index contributed by atoms with van der Waals surface area (Å²) in [6.45, 7) is 4.40. The van der Waals surface area contributed by atoms with E-state index in [9.17, 15) is 4.79 Å². The van der Waals surface area contributed by atoms with Crippen molar-refractivity contribution < 1.29 is 9.53 Å². The average molecular weight is 262 g/mol.